The summed E-state index contributed by atoms with van der Waals surface area (Å²) in [5, 5.41) is 7.94. The normalized spacial score (nSPS) is 11.2. The van der Waals surface area contributed by atoms with Gasteiger partial charge in [0.2, 0.25) is 0 Å². The van der Waals surface area contributed by atoms with Crippen LogP contribution in [0.25, 0.3) is 21.5 Å². The number of hydrogen-bond acceptors (Lipinski definition) is 3. The maximum Gasteiger partial charge on any atom is 0.276 e. The molecule has 0 aliphatic carbocycles. The lowest BCUT2D eigenvalue weighted by molar-refractivity contribution is 0.0533. The molecule has 0 saturated heterocycles. The fourth-order valence-electron chi connectivity index (χ4n) is 2.86. The first kappa shape index (κ1) is 14.6. The predicted octanol–water partition coefficient (Wildman–Crippen LogP) is 3.72. The van der Waals surface area contributed by atoms with Gasteiger partial charge in [0, 0.05) is 5.39 Å². The van der Waals surface area contributed by atoms with E-state index in [1.807, 2.05) is 66.7 Å². The minimum absolute atomic E-state index is 0.133. The molecular formula is C20H16N2O2. The molecule has 0 saturated carbocycles. The summed E-state index contributed by atoms with van der Waals surface area (Å²) < 4.78 is 6.98. The van der Waals surface area contributed by atoms with Crippen LogP contribution in [0.5, 0.6) is 0 Å². The van der Waals surface area contributed by atoms with Crippen molar-refractivity contribution in [3.63, 3.8) is 0 Å². The highest BCUT2D eigenvalue weighted by Crippen LogP contribution is 2.22. The average molecular weight is 316 g/mol. The lowest BCUT2D eigenvalue weighted by Gasteiger charge is -2.08. The Kier molecular flexibility index (Phi) is 3.81. The van der Waals surface area contributed by atoms with Gasteiger partial charge in [-0.2, -0.15) is 5.10 Å². The molecule has 0 aliphatic rings. The van der Waals surface area contributed by atoms with Gasteiger partial charge < -0.3 is 4.74 Å². The van der Waals surface area contributed by atoms with E-state index in [4.69, 9.17) is 4.74 Å². The molecule has 0 aliphatic heterocycles. The number of hydrogen-bond donors (Lipinski definition) is 0. The van der Waals surface area contributed by atoms with Gasteiger partial charge in [0.25, 0.3) is 5.56 Å². The van der Waals surface area contributed by atoms with Crippen LogP contribution in [0.3, 0.4) is 0 Å². The van der Waals surface area contributed by atoms with Gasteiger partial charge in [-0.25, -0.2) is 4.68 Å². The number of nitrogens with zero attached hydrogens (tertiary/aromatic N) is 2. The lowest BCUT2D eigenvalue weighted by Crippen LogP contribution is -2.24. The Bertz CT molecular complexity index is 1060. The van der Waals surface area contributed by atoms with Gasteiger partial charge in [0.05, 0.1) is 18.2 Å². The molecule has 0 amide bonds. The quantitative estimate of drug-likeness (QED) is 0.539. The predicted molar refractivity (Wildman–Crippen MR) is 94.7 cm³/mol. The minimum atomic E-state index is -0.133. The molecule has 0 unspecified atom stereocenters. The van der Waals surface area contributed by atoms with E-state index in [0.717, 1.165) is 21.7 Å². The van der Waals surface area contributed by atoms with E-state index in [2.05, 4.69) is 5.10 Å². The largest absolute Gasteiger partial charge is 0.354 e. The van der Waals surface area contributed by atoms with Crippen LogP contribution in [0.15, 0.2) is 77.7 Å². The number of rotatable bonds is 4. The standard InChI is InChI=1S/C20H16N2O2/c23-20-18-11-10-16-8-4-5-9-17(16)19(18)12-21-22(20)14-24-13-15-6-2-1-3-7-15/h1-12H,13-14H2. The van der Waals surface area contributed by atoms with Crippen molar-refractivity contribution in [3.05, 3.63) is 88.8 Å². The van der Waals surface area contributed by atoms with Crippen LogP contribution in [-0.2, 0) is 18.1 Å². The minimum Gasteiger partial charge on any atom is -0.354 e. The van der Waals surface area contributed by atoms with E-state index in [-0.39, 0.29) is 12.3 Å². The van der Waals surface area contributed by atoms with Gasteiger partial charge in [0.15, 0.2) is 0 Å². The van der Waals surface area contributed by atoms with E-state index >= 15 is 0 Å². The first-order valence-corrected chi connectivity index (χ1v) is 7.82. The SMILES string of the molecule is O=c1c2ccc3ccccc3c2cnn1COCc1ccccc1. The summed E-state index contributed by atoms with van der Waals surface area (Å²) in [6.07, 6.45) is 1.74. The number of fused-ring (bicyclic) bond motifs is 3. The van der Waals surface area contributed by atoms with Crippen LogP contribution in [0.2, 0.25) is 0 Å². The van der Waals surface area contributed by atoms with Gasteiger partial charge in [-0.3, -0.25) is 4.79 Å². The molecule has 24 heavy (non-hydrogen) atoms. The summed E-state index contributed by atoms with van der Waals surface area (Å²) in [5.74, 6) is 0. The molecule has 1 heterocycles. The average Bonchev–Trinajstić information content (AvgIpc) is 2.64. The van der Waals surface area contributed by atoms with Gasteiger partial charge >= 0.3 is 0 Å². The molecule has 0 radical (unpaired) electrons. The zero-order valence-electron chi connectivity index (χ0n) is 13.1. The van der Waals surface area contributed by atoms with E-state index < -0.39 is 0 Å². The Hall–Kier alpha value is -2.98. The van der Waals surface area contributed by atoms with Crippen molar-refractivity contribution in [2.75, 3.05) is 0 Å². The molecule has 0 spiro atoms. The molecule has 0 N–H and O–H groups in total. The van der Waals surface area contributed by atoms with Crippen LogP contribution in [0.1, 0.15) is 5.56 Å². The summed E-state index contributed by atoms with van der Waals surface area (Å²) in [6.45, 7) is 0.585. The van der Waals surface area contributed by atoms with Gasteiger partial charge in [-0.05, 0) is 22.4 Å². The second kappa shape index (κ2) is 6.26. The Morgan fingerprint density at radius 1 is 0.833 bits per heavy atom. The van der Waals surface area contributed by atoms with Crippen molar-refractivity contribution >= 4 is 21.5 Å². The van der Waals surface area contributed by atoms with E-state index in [1.54, 1.807) is 6.20 Å². The molecule has 1 aromatic heterocycles. The highest BCUT2D eigenvalue weighted by Gasteiger charge is 2.07. The third kappa shape index (κ3) is 2.68. The summed E-state index contributed by atoms with van der Waals surface area (Å²) in [4.78, 5) is 12.6. The summed E-state index contributed by atoms with van der Waals surface area (Å²) in [7, 11) is 0. The summed E-state index contributed by atoms with van der Waals surface area (Å²) >= 11 is 0. The molecule has 118 valence electrons. The maximum atomic E-state index is 12.6. The molecule has 4 heteroatoms. The van der Waals surface area contributed by atoms with Gasteiger partial charge in [-0.1, -0.05) is 60.7 Å². The smallest absolute Gasteiger partial charge is 0.276 e. The molecule has 0 bridgehead atoms. The monoisotopic (exact) mass is 316 g/mol. The topological polar surface area (TPSA) is 44.1 Å². The Morgan fingerprint density at radius 3 is 2.50 bits per heavy atom. The Labute approximate surface area is 138 Å². The zero-order chi connectivity index (χ0) is 16.4. The molecule has 4 aromatic rings. The second-order valence-corrected chi connectivity index (χ2v) is 5.66. The fourth-order valence-corrected chi connectivity index (χ4v) is 2.86. The first-order valence-electron chi connectivity index (χ1n) is 7.82. The zero-order valence-corrected chi connectivity index (χ0v) is 13.1. The number of benzene rings is 3. The molecule has 3 aromatic carbocycles. The van der Waals surface area contributed by atoms with E-state index in [1.165, 1.54) is 4.68 Å². The Morgan fingerprint density at radius 2 is 1.62 bits per heavy atom. The van der Waals surface area contributed by atoms with E-state index in [9.17, 15) is 4.79 Å². The molecule has 4 rings (SSSR count). The first-order chi connectivity index (χ1) is 11.8. The van der Waals surface area contributed by atoms with Crippen molar-refractivity contribution in [3.8, 4) is 0 Å². The fraction of sp³-hybridized carbons (Fsp3) is 0.100. The van der Waals surface area contributed by atoms with Crippen molar-refractivity contribution in [1.29, 1.82) is 0 Å². The van der Waals surface area contributed by atoms with Crippen LogP contribution in [0.4, 0.5) is 0 Å². The van der Waals surface area contributed by atoms with Gasteiger partial charge in [-0.15, -0.1) is 0 Å². The van der Waals surface area contributed by atoms with Crippen molar-refractivity contribution in [2.24, 2.45) is 0 Å². The molecule has 4 nitrogen and oxygen atoms in total. The van der Waals surface area contributed by atoms with Crippen LogP contribution < -0.4 is 5.56 Å². The number of aromatic nitrogens is 2. The highest BCUT2D eigenvalue weighted by atomic mass is 16.5. The van der Waals surface area contributed by atoms with E-state index in [0.29, 0.717) is 12.0 Å². The molecule has 0 atom stereocenters. The van der Waals surface area contributed by atoms with Crippen LogP contribution in [0, 0.1) is 0 Å². The third-order valence-electron chi connectivity index (χ3n) is 4.09. The third-order valence-corrected chi connectivity index (χ3v) is 4.09. The summed E-state index contributed by atoms with van der Waals surface area (Å²) in [6, 6.07) is 21.7. The van der Waals surface area contributed by atoms with Crippen LogP contribution >= 0.6 is 0 Å². The van der Waals surface area contributed by atoms with Crippen molar-refractivity contribution in [1.82, 2.24) is 9.78 Å². The molecule has 0 fully saturated rings. The Balaban J connectivity index is 1.64. The van der Waals surface area contributed by atoms with Crippen molar-refractivity contribution in [2.45, 2.75) is 13.3 Å². The summed E-state index contributed by atoms with van der Waals surface area (Å²) in [5.41, 5.74) is 0.934. The molecular weight excluding hydrogens is 300 g/mol. The number of ether oxygens (including phenoxy) is 1. The van der Waals surface area contributed by atoms with Crippen LogP contribution in [-0.4, -0.2) is 9.78 Å². The second-order valence-electron chi connectivity index (χ2n) is 5.66. The van der Waals surface area contributed by atoms with Gasteiger partial charge in [0.1, 0.15) is 6.73 Å². The maximum absolute atomic E-state index is 12.6. The lowest BCUT2D eigenvalue weighted by atomic mass is 10.0. The highest BCUT2D eigenvalue weighted by molar-refractivity contribution is 6.06. The van der Waals surface area contributed by atoms with Crippen molar-refractivity contribution < 1.29 is 4.74 Å².